The first-order valence-corrected chi connectivity index (χ1v) is 6.93. The van der Waals surface area contributed by atoms with Crippen LogP contribution in [0, 0.1) is 6.92 Å². The fraction of sp³-hybridized carbons (Fsp3) is 0.368. The molecule has 2 aromatic carbocycles. The minimum Gasteiger partial charge on any atom is -0.0908 e. The van der Waals surface area contributed by atoms with E-state index in [0.29, 0.717) is 0 Å². The third-order valence-corrected chi connectivity index (χ3v) is 3.82. The molecule has 0 saturated carbocycles. The molecule has 2 rings (SSSR count). The molecule has 0 atom stereocenters. The summed E-state index contributed by atoms with van der Waals surface area (Å²) in [6.45, 7) is 17.8. The standard InChI is InChI=1S/C19H24/c1-12(2)17-14(4)18(19(5,6)7)13(3)15-10-8-9-11-16(15)17/h8-11H,3H2,1-2,4-7H3. The molecule has 2 aromatic rings. The minimum atomic E-state index is 0.120. The van der Waals surface area contributed by atoms with Gasteiger partial charge < -0.3 is 0 Å². The van der Waals surface area contributed by atoms with Gasteiger partial charge in [0.25, 0.3) is 0 Å². The van der Waals surface area contributed by atoms with Crippen LogP contribution in [-0.4, -0.2) is 0 Å². The molecule has 0 aliphatic carbocycles. The van der Waals surface area contributed by atoms with Gasteiger partial charge in [-0.15, -0.1) is 0 Å². The molecule has 0 N–H and O–H groups in total. The van der Waals surface area contributed by atoms with Crippen molar-refractivity contribution in [1.82, 2.24) is 0 Å². The number of rotatable bonds is 0. The number of benzene rings is 2. The van der Waals surface area contributed by atoms with Gasteiger partial charge in [0, 0.05) is 0 Å². The molecule has 19 heavy (non-hydrogen) atoms. The second kappa shape index (κ2) is 4.52. The van der Waals surface area contributed by atoms with Crippen LogP contribution in [0.1, 0.15) is 45.7 Å². The number of fused-ring (bicyclic) bond motifs is 1. The van der Waals surface area contributed by atoms with Gasteiger partial charge in [0.05, 0.1) is 0 Å². The SMILES string of the molecule is C=c1c(C(C)(C)C)c(C)c(=C(C)C)c2ccccc12. The molecule has 0 radical (unpaired) electrons. The van der Waals surface area contributed by atoms with Crippen molar-refractivity contribution in [3.63, 3.8) is 0 Å². The third kappa shape index (κ3) is 2.20. The van der Waals surface area contributed by atoms with Gasteiger partial charge in [-0.25, -0.2) is 0 Å². The van der Waals surface area contributed by atoms with Gasteiger partial charge in [0.2, 0.25) is 0 Å². The lowest BCUT2D eigenvalue weighted by Crippen LogP contribution is -2.30. The van der Waals surface area contributed by atoms with Gasteiger partial charge >= 0.3 is 0 Å². The van der Waals surface area contributed by atoms with Crippen LogP contribution in [-0.2, 0) is 5.41 Å². The molecule has 0 unspecified atom stereocenters. The normalized spacial score (nSPS) is 11.9. The Morgan fingerprint density at radius 3 is 2.00 bits per heavy atom. The Kier molecular flexibility index (Phi) is 3.30. The Morgan fingerprint density at radius 1 is 1.00 bits per heavy atom. The van der Waals surface area contributed by atoms with Crippen molar-refractivity contribution in [2.45, 2.75) is 47.0 Å². The molecule has 0 spiro atoms. The molecule has 0 bridgehead atoms. The summed E-state index contributed by atoms with van der Waals surface area (Å²) < 4.78 is 0. The maximum absolute atomic E-state index is 4.37. The fourth-order valence-electron chi connectivity index (χ4n) is 3.31. The zero-order valence-electron chi connectivity index (χ0n) is 13.0. The second-order valence-corrected chi connectivity index (χ2v) is 6.65. The van der Waals surface area contributed by atoms with Crippen molar-refractivity contribution >= 4 is 22.9 Å². The topological polar surface area (TPSA) is 0 Å². The second-order valence-electron chi connectivity index (χ2n) is 6.65. The lowest BCUT2D eigenvalue weighted by molar-refractivity contribution is 0.582. The third-order valence-electron chi connectivity index (χ3n) is 3.82. The van der Waals surface area contributed by atoms with E-state index in [1.807, 2.05) is 0 Å². The monoisotopic (exact) mass is 252 g/mol. The van der Waals surface area contributed by atoms with Gasteiger partial charge in [0.15, 0.2) is 0 Å². The van der Waals surface area contributed by atoms with Crippen molar-refractivity contribution in [1.29, 1.82) is 0 Å². The highest BCUT2D eigenvalue weighted by atomic mass is 14.2. The summed E-state index contributed by atoms with van der Waals surface area (Å²) in [7, 11) is 0. The molecule has 0 nitrogen and oxygen atoms in total. The Hall–Kier alpha value is -1.56. The van der Waals surface area contributed by atoms with Gasteiger partial charge in [-0.3, -0.25) is 0 Å². The van der Waals surface area contributed by atoms with E-state index in [1.54, 1.807) is 0 Å². The van der Waals surface area contributed by atoms with Crippen LogP contribution in [0.5, 0.6) is 0 Å². The summed E-state index contributed by atoms with van der Waals surface area (Å²) in [6.07, 6.45) is 0. The van der Waals surface area contributed by atoms with Crippen LogP contribution >= 0.6 is 0 Å². The van der Waals surface area contributed by atoms with Crippen molar-refractivity contribution in [3.8, 4) is 0 Å². The maximum atomic E-state index is 4.37. The largest absolute Gasteiger partial charge is 0.0908 e. The van der Waals surface area contributed by atoms with Crippen LogP contribution in [0.25, 0.3) is 22.9 Å². The Bertz CT molecular complexity index is 736. The fourth-order valence-corrected chi connectivity index (χ4v) is 3.31. The van der Waals surface area contributed by atoms with Gasteiger partial charge in [-0.1, -0.05) is 57.2 Å². The molecule has 0 saturated heterocycles. The first-order valence-electron chi connectivity index (χ1n) is 6.93. The molecule has 0 heteroatoms. The Labute approximate surface area is 116 Å². The summed E-state index contributed by atoms with van der Waals surface area (Å²) in [5.41, 5.74) is 4.27. The molecule has 0 heterocycles. The molecule has 0 aromatic heterocycles. The average molecular weight is 252 g/mol. The first kappa shape index (κ1) is 13.9. The predicted molar refractivity (Wildman–Crippen MR) is 86.9 cm³/mol. The van der Waals surface area contributed by atoms with Crippen molar-refractivity contribution in [3.05, 3.63) is 45.8 Å². The van der Waals surface area contributed by atoms with Crippen molar-refractivity contribution < 1.29 is 0 Å². The predicted octanol–water partition coefficient (Wildman–Crippen LogP) is 4.05. The smallest absolute Gasteiger partial charge is 0.0103 e. The van der Waals surface area contributed by atoms with Crippen LogP contribution in [0.3, 0.4) is 0 Å². The molecule has 0 aliphatic heterocycles. The van der Waals surface area contributed by atoms with Gasteiger partial charge in [-0.2, -0.15) is 0 Å². The summed E-state index contributed by atoms with van der Waals surface area (Å²) in [5, 5.41) is 5.20. The van der Waals surface area contributed by atoms with Gasteiger partial charge in [-0.05, 0) is 58.5 Å². The van der Waals surface area contributed by atoms with E-state index in [9.17, 15) is 0 Å². The van der Waals surface area contributed by atoms with Crippen molar-refractivity contribution in [2.75, 3.05) is 0 Å². The summed E-state index contributed by atoms with van der Waals surface area (Å²) in [4.78, 5) is 0. The molecular formula is C19H24. The molecule has 0 aliphatic rings. The Balaban J connectivity index is 3.21. The molecule has 100 valence electrons. The average Bonchev–Trinajstić information content (AvgIpc) is 2.26. The van der Waals surface area contributed by atoms with E-state index in [2.05, 4.69) is 72.4 Å². The van der Waals surface area contributed by atoms with E-state index in [1.165, 1.54) is 37.9 Å². The molecule has 0 amide bonds. The van der Waals surface area contributed by atoms with Crippen LogP contribution < -0.4 is 10.4 Å². The van der Waals surface area contributed by atoms with Crippen LogP contribution in [0.15, 0.2) is 24.3 Å². The zero-order valence-corrected chi connectivity index (χ0v) is 13.0. The lowest BCUT2D eigenvalue weighted by atomic mass is 9.80. The summed E-state index contributed by atoms with van der Waals surface area (Å²) >= 11 is 0. The molecular weight excluding hydrogens is 228 g/mol. The van der Waals surface area contributed by atoms with Crippen LogP contribution in [0.2, 0.25) is 0 Å². The van der Waals surface area contributed by atoms with E-state index in [0.717, 1.165) is 0 Å². The zero-order chi connectivity index (χ0) is 14.4. The molecule has 0 fully saturated rings. The highest BCUT2D eigenvalue weighted by Crippen LogP contribution is 2.23. The summed E-state index contributed by atoms with van der Waals surface area (Å²) in [6, 6.07) is 8.63. The summed E-state index contributed by atoms with van der Waals surface area (Å²) in [5.74, 6) is 0. The van der Waals surface area contributed by atoms with Crippen molar-refractivity contribution in [2.24, 2.45) is 0 Å². The van der Waals surface area contributed by atoms with E-state index < -0.39 is 0 Å². The van der Waals surface area contributed by atoms with E-state index in [4.69, 9.17) is 0 Å². The minimum absolute atomic E-state index is 0.120. The lowest BCUT2D eigenvalue weighted by Gasteiger charge is -2.24. The van der Waals surface area contributed by atoms with E-state index in [-0.39, 0.29) is 5.41 Å². The first-order chi connectivity index (χ1) is 8.75. The Morgan fingerprint density at radius 2 is 1.53 bits per heavy atom. The highest BCUT2D eigenvalue weighted by Gasteiger charge is 2.20. The van der Waals surface area contributed by atoms with Gasteiger partial charge in [0.1, 0.15) is 0 Å². The maximum Gasteiger partial charge on any atom is -0.0103 e. The number of hydrogen-bond acceptors (Lipinski definition) is 0. The quantitative estimate of drug-likeness (QED) is 0.663. The van der Waals surface area contributed by atoms with Crippen LogP contribution in [0.4, 0.5) is 0 Å². The highest BCUT2D eigenvalue weighted by molar-refractivity contribution is 5.87. The van der Waals surface area contributed by atoms with E-state index >= 15 is 0 Å². The number of hydrogen-bond donors (Lipinski definition) is 0.